The molecule has 0 heterocycles. The normalized spacial score (nSPS) is 20.7. The van der Waals surface area contributed by atoms with Crippen LogP contribution in [-0.4, -0.2) is 50.3 Å². The molecule has 0 atom stereocenters. The van der Waals surface area contributed by atoms with Gasteiger partial charge in [-0.15, -0.1) is 0 Å². The maximum Gasteiger partial charge on any atom is 0.316 e. The van der Waals surface area contributed by atoms with Gasteiger partial charge in [0.05, 0.1) is 18.6 Å². The van der Waals surface area contributed by atoms with Gasteiger partial charge < -0.3 is 14.4 Å². The van der Waals surface area contributed by atoms with Crippen molar-refractivity contribution in [1.82, 2.24) is 4.90 Å². The monoisotopic (exact) mass is 338 g/mol. The van der Waals surface area contributed by atoms with Gasteiger partial charge in [0.25, 0.3) is 0 Å². The van der Waals surface area contributed by atoms with Crippen LogP contribution in [-0.2, 0) is 19.7 Å². The minimum Gasteiger partial charge on any atom is -0.463 e. The lowest BCUT2D eigenvalue weighted by atomic mass is 9.79. The number of benzene rings is 1. The molecule has 1 aliphatic rings. The zero-order valence-electron chi connectivity index (χ0n) is 19.4. The Morgan fingerprint density at radius 1 is 1.25 bits per heavy atom. The zero-order chi connectivity index (χ0) is 21.5. The van der Waals surface area contributed by atoms with Crippen LogP contribution in [0.1, 0.15) is 51.9 Å². The number of carbonyl (C=O) groups is 1. The third kappa shape index (κ3) is 4.81. The Bertz CT molecular complexity index is 645. The minimum absolute atomic E-state index is 0.117. The van der Waals surface area contributed by atoms with E-state index in [1.807, 2.05) is 30.3 Å². The van der Waals surface area contributed by atoms with E-state index in [1.165, 1.54) is 4.90 Å². The van der Waals surface area contributed by atoms with Crippen molar-refractivity contribution in [2.75, 3.05) is 39.4 Å². The van der Waals surface area contributed by atoms with Crippen LogP contribution in [0.5, 0.6) is 0 Å². The maximum atomic E-state index is 12.8. The van der Waals surface area contributed by atoms with Crippen molar-refractivity contribution in [2.45, 2.75) is 44.9 Å². The van der Waals surface area contributed by atoms with Crippen molar-refractivity contribution in [3.05, 3.63) is 35.9 Å². The van der Waals surface area contributed by atoms with Gasteiger partial charge in [0.15, 0.2) is 0 Å². The quantitative estimate of drug-likeness (QED) is 0.484. The second kappa shape index (κ2) is 9.80. The lowest BCUT2D eigenvalue weighted by Crippen LogP contribution is -2.35. The summed E-state index contributed by atoms with van der Waals surface area (Å²) in [6.07, 6.45) is 3.57. The zero-order valence-corrected chi connectivity index (χ0v) is 14.4. The van der Waals surface area contributed by atoms with Crippen LogP contribution in [0.3, 0.4) is 0 Å². The third-order valence-corrected chi connectivity index (χ3v) is 4.68. The summed E-state index contributed by atoms with van der Waals surface area (Å²) in [5.41, 5.74) is 0.421. The van der Waals surface area contributed by atoms with Crippen molar-refractivity contribution in [1.29, 1.82) is 0 Å². The van der Waals surface area contributed by atoms with Gasteiger partial charge in [-0.1, -0.05) is 56.9 Å². The van der Waals surface area contributed by atoms with E-state index < -0.39 is 18.8 Å². The molecule has 2 rings (SSSR count). The van der Waals surface area contributed by atoms with Gasteiger partial charge in [-0.2, -0.15) is 0 Å². The first-order valence-corrected chi connectivity index (χ1v) is 8.71. The van der Waals surface area contributed by atoms with E-state index in [1.54, 1.807) is 6.92 Å². The molecule has 0 spiro atoms. The summed E-state index contributed by atoms with van der Waals surface area (Å²) in [5.74, 6) is -0.223. The van der Waals surface area contributed by atoms with E-state index in [2.05, 4.69) is 0 Å². The predicted octanol–water partition coefficient (Wildman–Crippen LogP) is 3.40. The Labute approximate surface area is 153 Å². The Kier molecular flexibility index (Phi) is 5.27. The van der Waals surface area contributed by atoms with Crippen molar-refractivity contribution in [3.8, 4) is 0 Å². The number of hydrogen-bond donors (Lipinski definition) is 0. The molecular formula is C20H31NO3. The molecule has 4 heteroatoms. The third-order valence-electron chi connectivity index (χ3n) is 4.68. The maximum absolute atomic E-state index is 12.8. The molecule has 134 valence electrons. The highest BCUT2D eigenvalue weighted by atomic mass is 16.6. The molecule has 0 bridgehead atoms. The second-order valence-electron chi connectivity index (χ2n) is 6.10. The molecule has 4 nitrogen and oxygen atoms in total. The van der Waals surface area contributed by atoms with E-state index >= 15 is 0 Å². The Morgan fingerprint density at radius 2 is 2.00 bits per heavy atom. The number of ether oxygens (including phenoxy) is 2. The molecule has 0 radical (unpaired) electrons. The van der Waals surface area contributed by atoms with Crippen LogP contribution in [0.15, 0.2) is 30.3 Å². The van der Waals surface area contributed by atoms with E-state index in [0.29, 0.717) is 0 Å². The van der Waals surface area contributed by atoms with Crippen LogP contribution >= 0.6 is 0 Å². The summed E-state index contributed by atoms with van der Waals surface area (Å²) in [6, 6.07) is 9.74. The molecule has 0 saturated heterocycles. The lowest BCUT2D eigenvalue weighted by Gasteiger charge is -2.27. The number of likely N-dealkylation sites (N-methyl/N-ethyl adjacent to an activating group) is 1. The molecule has 24 heavy (non-hydrogen) atoms. The molecule has 0 amide bonds. The summed E-state index contributed by atoms with van der Waals surface area (Å²) >= 11 is 0. The first-order valence-electron chi connectivity index (χ1n) is 11.2. The van der Waals surface area contributed by atoms with Crippen LogP contribution in [0.4, 0.5) is 0 Å². The van der Waals surface area contributed by atoms with Crippen LogP contribution in [0, 0.1) is 0 Å². The molecular weight excluding hydrogens is 302 g/mol. The Hall–Kier alpha value is -1.39. The molecule has 0 N–H and O–H groups in total. The second-order valence-corrected chi connectivity index (χ2v) is 6.10. The molecule has 1 fully saturated rings. The summed E-state index contributed by atoms with van der Waals surface area (Å²) in [7, 11) is 0. The van der Waals surface area contributed by atoms with Crippen molar-refractivity contribution in [2.24, 2.45) is 0 Å². The van der Waals surface area contributed by atoms with Gasteiger partial charge in [0.2, 0.25) is 0 Å². The van der Waals surface area contributed by atoms with Gasteiger partial charge in [0.1, 0.15) is 6.61 Å². The Morgan fingerprint density at radius 3 is 2.67 bits per heavy atom. The van der Waals surface area contributed by atoms with Gasteiger partial charge in [0, 0.05) is 13.4 Å². The Balaban J connectivity index is 1.78. The minimum atomic E-state index is -2.73. The summed E-state index contributed by atoms with van der Waals surface area (Å²) in [6.45, 7) is -2.59. The largest absolute Gasteiger partial charge is 0.463 e. The number of esters is 1. The molecule has 1 aromatic carbocycles. The predicted molar refractivity (Wildman–Crippen MR) is 96.2 cm³/mol. The number of hydrogen-bond acceptors (Lipinski definition) is 4. The van der Waals surface area contributed by atoms with Gasteiger partial charge in [-0.05, 0) is 31.4 Å². The standard InChI is InChI=1S/C20H31NO3/c1-3-21(4-2)14-15-23-16-17-24-19(22)20(12-8-9-13-20)18-10-6-5-7-11-18/h5-7,10-11H,3-4,8-9,12-17H2,1-2H3/i1D3,3D2. The van der Waals surface area contributed by atoms with Gasteiger partial charge in [-0.25, -0.2) is 0 Å². The number of carbonyl (C=O) groups excluding carboxylic acids is 1. The summed E-state index contributed by atoms with van der Waals surface area (Å²) < 4.78 is 48.6. The highest BCUT2D eigenvalue weighted by Gasteiger charge is 2.43. The fourth-order valence-electron chi connectivity index (χ4n) is 3.25. The molecule has 1 aromatic rings. The summed E-state index contributed by atoms with van der Waals surface area (Å²) in [4.78, 5) is 14.0. The van der Waals surface area contributed by atoms with Gasteiger partial charge >= 0.3 is 5.97 Å². The lowest BCUT2D eigenvalue weighted by molar-refractivity contribution is -0.152. The van der Waals surface area contributed by atoms with Crippen molar-refractivity contribution in [3.63, 3.8) is 0 Å². The van der Waals surface area contributed by atoms with Gasteiger partial charge in [-0.3, -0.25) is 4.79 Å². The molecule has 0 aromatic heterocycles. The van der Waals surface area contributed by atoms with E-state index in [-0.39, 0.29) is 38.9 Å². The van der Waals surface area contributed by atoms with Crippen molar-refractivity contribution < 1.29 is 21.1 Å². The van der Waals surface area contributed by atoms with E-state index in [0.717, 1.165) is 31.2 Å². The topological polar surface area (TPSA) is 38.8 Å². The number of rotatable bonds is 10. The van der Waals surface area contributed by atoms with Crippen LogP contribution in [0.2, 0.25) is 0 Å². The van der Waals surface area contributed by atoms with E-state index in [4.69, 9.17) is 16.3 Å². The molecule has 1 saturated carbocycles. The number of nitrogens with zero attached hydrogens (tertiary/aromatic N) is 1. The average Bonchev–Trinajstić information content (AvgIpc) is 3.18. The first kappa shape index (κ1) is 12.9. The first-order chi connectivity index (χ1) is 13.6. The fourth-order valence-corrected chi connectivity index (χ4v) is 3.25. The molecule has 0 aliphatic heterocycles. The fraction of sp³-hybridized carbons (Fsp3) is 0.650. The molecule has 1 aliphatic carbocycles. The smallest absolute Gasteiger partial charge is 0.316 e. The highest BCUT2D eigenvalue weighted by Crippen LogP contribution is 2.42. The van der Waals surface area contributed by atoms with Crippen LogP contribution < -0.4 is 0 Å². The average molecular weight is 339 g/mol. The van der Waals surface area contributed by atoms with Crippen molar-refractivity contribution >= 4 is 5.97 Å². The van der Waals surface area contributed by atoms with Crippen LogP contribution in [0.25, 0.3) is 0 Å². The highest BCUT2D eigenvalue weighted by molar-refractivity contribution is 5.83. The molecule has 0 unspecified atom stereocenters. The van der Waals surface area contributed by atoms with E-state index in [9.17, 15) is 4.79 Å². The SMILES string of the molecule is [2H]C([2H])([2H])C([2H])([2H])N(CC)CCOCCOC(=O)C1(c2ccccc2)CCCC1. The summed E-state index contributed by atoms with van der Waals surface area (Å²) in [5, 5.41) is 0.